The molecular formula is C26H38N2O3Si. The molecule has 1 N–H and O–H groups in total. The monoisotopic (exact) mass is 454 g/mol. The predicted octanol–water partition coefficient (Wildman–Crippen LogP) is 5.17. The van der Waals surface area contributed by atoms with Gasteiger partial charge < -0.3 is 14.3 Å². The van der Waals surface area contributed by atoms with Crippen molar-refractivity contribution in [3.8, 4) is 5.75 Å². The number of aliphatic hydroxyl groups excluding tert-OH is 1. The third kappa shape index (κ3) is 4.02. The smallest absolute Gasteiger partial charge is 0.192 e. The second-order valence-electron chi connectivity index (χ2n) is 9.39. The summed E-state index contributed by atoms with van der Waals surface area (Å²) in [6.07, 6.45) is 4.30. The maximum Gasteiger partial charge on any atom is 0.192 e. The number of nitrogens with zero attached hydrogens (tertiary/aromatic N) is 2. The molecule has 0 aliphatic carbocycles. The number of piperidine rings is 3. The van der Waals surface area contributed by atoms with Crippen LogP contribution in [0, 0.1) is 11.8 Å². The second-order valence-corrected chi connectivity index (χ2v) is 14.1. The lowest BCUT2D eigenvalue weighted by Gasteiger charge is -2.55. The van der Waals surface area contributed by atoms with Gasteiger partial charge in [0, 0.05) is 18.1 Å². The Kier molecular flexibility index (Phi) is 7.05. The molecule has 3 fully saturated rings. The molecule has 174 valence electrons. The van der Waals surface area contributed by atoms with E-state index in [0.29, 0.717) is 5.92 Å². The maximum absolute atomic E-state index is 11.6. The first-order valence-electron chi connectivity index (χ1n) is 12.2. The fraction of sp³-hybridized carbons (Fsp3) is 0.577. The third-order valence-electron chi connectivity index (χ3n) is 8.17. The first-order chi connectivity index (χ1) is 15.5. The minimum absolute atomic E-state index is 0.0572. The molecule has 3 saturated heterocycles. The molecule has 0 spiro atoms. The Morgan fingerprint density at radius 3 is 2.62 bits per heavy atom. The van der Waals surface area contributed by atoms with Crippen LogP contribution < -0.4 is 4.74 Å². The number of pyridine rings is 1. The van der Waals surface area contributed by atoms with Crippen LogP contribution in [0.15, 0.2) is 43.1 Å². The number of aromatic nitrogens is 1. The maximum atomic E-state index is 11.6. The van der Waals surface area contributed by atoms with Gasteiger partial charge in [-0.2, -0.15) is 0 Å². The van der Waals surface area contributed by atoms with E-state index in [2.05, 4.69) is 49.4 Å². The topological polar surface area (TPSA) is 54.8 Å². The third-order valence-corrected chi connectivity index (χ3v) is 12.8. The number of methoxy groups -OCH3 is 1. The molecule has 0 saturated carbocycles. The molecule has 1 aromatic heterocycles. The Balaban J connectivity index is 1.84. The van der Waals surface area contributed by atoms with Gasteiger partial charge in [-0.05, 0) is 72.8 Å². The van der Waals surface area contributed by atoms with E-state index in [1.807, 2.05) is 24.4 Å². The molecule has 0 amide bonds. The first-order valence-corrected chi connectivity index (χ1v) is 14.7. The summed E-state index contributed by atoms with van der Waals surface area (Å²) >= 11 is 0. The number of rotatable bonds is 9. The Labute approximate surface area is 193 Å². The molecular weight excluding hydrogens is 416 g/mol. The van der Waals surface area contributed by atoms with Crippen molar-refractivity contribution in [3.05, 3.63) is 48.7 Å². The van der Waals surface area contributed by atoms with Crippen molar-refractivity contribution in [2.24, 2.45) is 11.8 Å². The average molecular weight is 455 g/mol. The average Bonchev–Trinajstić information content (AvgIpc) is 2.85. The van der Waals surface area contributed by atoms with Crippen LogP contribution in [0.3, 0.4) is 0 Å². The van der Waals surface area contributed by atoms with Crippen LogP contribution in [0.4, 0.5) is 0 Å². The first kappa shape index (κ1) is 23.4. The lowest BCUT2D eigenvalue weighted by Crippen LogP contribution is -2.64. The van der Waals surface area contributed by atoms with E-state index in [9.17, 15) is 5.11 Å². The van der Waals surface area contributed by atoms with Crippen LogP contribution in [0.1, 0.15) is 38.9 Å². The normalized spacial score (nSPS) is 28.6. The molecule has 5 nitrogen and oxygen atoms in total. The lowest BCUT2D eigenvalue weighted by molar-refractivity contribution is -0.128. The van der Waals surface area contributed by atoms with E-state index in [1.165, 1.54) is 0 Å². The summed E-state index contributed by atoms with van der Waals surface area (Å²) in [6.45, 7) is 12.8. The van der Waals surface area contributed by atoms with Gasteiger partial charge in [-0.1, -0.05) is 26.8 Å². The van der Waals surface area contributed by atoms with E-state index < -0.39 is 14.4 Å². The van der Waals surface area contributed by atoms with Gasteiger partial charge in [0.15, 0.2) is 8.32 Å². The van der Waals surface area contributed by atoms with Crippen LogP contribution in [0.5, 0.6) is 5.75 Å². The molecule has 6 atom stereocenters. The van der Waals surface area contributed by atoms with Gasteiger partial charge in [0.2, 0.25) is 0 Å². The van der Waals surface area contributed by atoms with Crippen molar-refractivity contribution in [1.82, 2.24) is 9.88 Å². The van der Waals surface area contributed by atoms with E-state index >= 15 is 0 Å². The number of hydrogen-bond acceptors (Lipinski definition) is 5. The minimum Gasteiger partial charge on any atom is -0.497 e. The van der Waals surface area contributed by atoms with Crippen molar-refractivity contribution in [2.45, 2.75) is 63.6 Å². The molecule has 2 aromatic rings. The van der Waals surface area contributed by atoms with Crippen LogP contribution in [-0.4, -0.2) is 55.7 Å². The van der Waals surface area contributed by atoms with Gasteiger partial charge in [0.05, 0.1) is 30.9 Å². The van der Waals surface area contributed by atoms with E-state index in [-0.39, 0.29) is 18.1 Å². The van der Waals surface area contributed by atoms with Crippen LogP contribution >= 0.6 is 0 Å². The second kappa shape index (κ2) is 9.63. The van der Waals surface area contributed by atoms with Crippen LogP contribution in [-0.2, 0) is 4.43 Å². The predicted molar refractivity (Wildman–Crippen MR) is 132 cm³/mol. The van der Waals surface area contributed by atoms with Gasteiger partial charge in [-0.25, -0.2) is 0 Å². The fourth-order valence-electron chi connectivity index (χ4n) is 5.92. The number of fused-ring (bicyclic) bond motifs is 4. The van der Waals surface area contributed by atoms with Gasteiger partial charge in [0.25, 0.3) is 0 Å². The van der Waals surface area contributed by atoms with Crippen molar-refractivity contribution < 1.29 is 14.3 Å². The van der Waals surface area contributed by atoms with Gasteiger partial charge >= 0.3 is 0 Å². The highest BCUT2D eigenvalue weighted by molar-refractivity contribution is 6.73. The molecule has 32 heavy (non-hydrogen) atoms. The van der Waals surface area contributed by atoms with Crippen molar-refractivity contribution >= 4 is 19.2 Å². The summed E-state index contributed by atoms with van der Waals surface area (Å²) in [5.41, 5.74) is 2.05. The number of aliphatic hydroxyl groups is 1. The zero-order valence-corrected chi connectivity index (χ0v) is 21.0. The molecule has 6 heteroatoms. The molecule has 1 aromatic carbocycles. The van der Waals surface area contributed by atoms with Gasteiger partial charge in [0.1, 0.15) is 5.75 Å². The van der Waals surface area contributed by atoms with E-state index in [1.54, 1.807) is 7.11 Å². The van der Waals surface area contributed by atoms with Crippen molar-refractivity contribution in [3.63, 3.8) is 0 Å². The lowest BCUT2D eigenvalue weighted by atomic mass is 9.71. The summed E-state index contributed by atoms with van der Waals surface area (Å²) in [5.74, 6) is 1.40. The summed E-state index contributed by atoms with van der Waals surface area (Å²) in [5, 5.41) is 12.6. The highest BCUT2D eigenvalue weighted by Crippen LogP contribution is 2.45. The Morgan fingerprint density at radius 1 is 1.25 bits per heavy atom. The highest BCUT2D eigenvalue weighted by atomic mass is 28.4. The van der Waals surface area contributed by atoms with Crippen molar-refractivity contribution in [2.75, 3.05) is 20.2 Å². The van der Waals surface area contributed by atoms with Gasteiger partial charge in [-0.15, -0.1) is 6.58 Å². The summed E-state index contributed by atoms with van der Waals surface area (Å²) in [7, 11) is -0.255. The Bertz CT molecular complexity index is 938. The summed E-state index contributed by atoms with van der Waals surface area (Å²) in [4.78, 5) is 7.06. The molecule has 1 unspecified atom stereocenters. The molecule has 0 radical (unpaired) electrons. The van der Waals surface area contributed by atoms with Crippen molar-refractivity contribution in [1.29, 1.82) is 0 Å². The largest absolute Gasteiger partial charge is 0.497 e. The summed E-state index contributed by atoms with van der Waals surface area (Å²) < 4.78 is 12.8. The number of benzene rings is 1. The standard InChI is InChI=1S/C26H38N2O3Si/c1-6-18-17-28-15-13-20(18)25(29)24(28)26(31-32(7-2,8-3)9-4)21-12-14-27-23-11-10-19(30-5)16-22(21)23/h6,10-12,14,16,18,20,24-26,29H,1,7-9,13,15,17H2,2-5H3/t18-,20+,24-,25+,26+/m0/s1. The molecule has 5 rings (SSSR count). The molecule has 3 aliphatic heterocycles. The highest BCUT2D eigenvalue weighted by Gasteiger charge is 2.51. The Morgan fingerprint density at radius 2 is 2.00 bits per heavy atom. The minimum atomic E-state index is -1.95. The number of ether oxygens (including phenoxy) is 1. The van der Waals surface area contributed by atoms with E-state index in [4.69, 9.17) is 9.16 Å². The van der Waals surface area contributed by atoms with E-state index in [0.717, 1.165) is 59.9 Å². The Hall–Kier alpha value is -1.73. The van der Waals surface area contributed by atoms with Gasteiger partial charge in [-0.3, -0.25) is 9.88 Å². The summed E-state index contributed by atoms with van der Waals surface area (Å²) in [6, 6.07) is 11.3. The molecule has 4 heterocycles. The zero-order valence-electron chi connectivity index (χ0n) is 20.0. The SMILES string of the molecule is C=C[C@H]1CN2CC[C@H]1[C@@H](O)[C@H]2[C@H](O[Si](CC)(CC)CC)c1ccnc2ccc(OC)cc12. The zero-order chi connectivity index (χ0) is 22.9. The number of hydrogen-bond donors (Lipinski definition) is 1. The fourth-order valence-corrected chi connectivity index (χ4v) is 8.72. The quantitative estimate of drug-likeness (QED) is 0.418. The van der Waals surface area contributed by atoms with Crippen LogP contribution in [0.25, 0.3) is 10.9 Å². The molecule has 2 bridgehead atoms. The molecule has 3 aliphatic rings. The van der Waals surface area contributed by atoms with Crippen LogP contribution in [0.2, 0.25) is 18.1 Å².